The maximum Gasteiger partial charge on any atom is 0.514 e. The van der Waals surface area contributed by atoms with Crippen LogP contribution in [0.5, 0.6) is 5.75 Å². The highest BCUT2D eigenvalue weighted by Crippen LogP contribution is 2.25. The van der Waals surface area contributed by atoms with Crippen LogP contribution in [0.2, 0.25) is 0 Å². The molecule has 2 rings (SSSR count). The number of carbonyl (C=O) groups is 4. The molecular weight excluding hydrogens is 538 g/mol. The van der Waals surface area contributed by atoms with Crippen molar-refractivity contribution in [3.8, 4) is 5.75 Å². The Balaban J connectivity index is 2.36. The number of benzene rings is 2. The summed E-state index contributed by atoms with van der Waals surface area (Å²) in [6, 6.07) is 11.1. The van der Waals surface area contributed by atoms with Gasteiger partial charge in [0.2, 0.25) is 11.8 Å². The zero-order chi connectivity index (χ0) is 31.4. The normalized spacial score (nSPS) is 12.4. The van der Waals surface area contributed by atoms with Gasteiger partial charge in [0.05, 0.1) is 0 Å². The van der Waals surface area contributed by atoms with Gasteiger partial charge in [-0.25, -0.2) is 9.59 Å². The summed E-state index contributed by atoms with van der Waals surface area (Å²) in [4.78, 5) is 52.4. The SMILES string of the molecule is C=CCOC(=O)Oc1cc(C)c(C[C@H](NC(=O)OC(C)(C)C)C(=O)N(CCCc2ccccc2)[C@H](C)C(N)=O)c(C)c1. The summed E-state index contributed by atoms with van der Waals surface area (Å²) in [5, 5.41) is 2.71. The second-order valence-electron chi connectivity index (χ2n) is 11.1. The van der Waals surface area contributed by atoms with Crippen LogP contribution in [-0.4, -0.2) is 59.8 Å². The first kappa shape index (κ1) is 33.9. The lowest BCUT2D eigenvalue weighted by atomic mass is 9.95. The number of aryl methyl sites for hydroxylation is 3. The van der Waals surface area contributed by atoms with E-state index < -0.39 is 41.7 Å². The molecule has 0 aliphatic carbocycles. The molecule has 0 saturated heterocycles. The number of nitrogens with two attached hydrogens (primary N) is 1. The van der Waals surface area contributed by atoms with Crippen LogP contribution in [0.15, 0.2) is 55.1 Å². The minimum Gasteiger partial charge on any atom is -0.444 e. The summed E-state index contributed by atoms with van der Waals surface area (Å²) < 4.78 is 15.6. The van der Waals surface area contributed by atoms with Crippen LogP contribution in [0.3, 0.4) is 0 Å². The van der Waals surface area contributed by atoms with Crippen molar-refractivity contribution in [2.75, 3.05) is 13.2 Å². The van der Waals surface area contributed by atoms with Gasteiger partial charge in [-0.1, -0.05) is 43.0 Å². The minimum atomic E-state index is -1.07. The molecule has 0 spiro atoms. The second kappa shape index (κ2) is 15.6. The van der Waals surface area contributed by atoms with Gasteiger partial charge in [0.1, 0.15) is 30.0 Å². The van der Waals surface area contributed by atoms with Gasteiger partial charge in [0, 0.05) is 13.0 Å². The van der Waals surface area contributed by atoms with E-state index in [0.717, 1.165) is 22.3 Å². The molecule has 0 saturated carbocycles. The number of alkyl carbamates (subject to hydrolysis) is 1. The number of primary amides is 1. The average Bonchev–Trinajstić information content (AvgIpc) is 2.90. The molecule has 0 aromatic heterocycles. The molecule has 0 aliphatic rings. The van der Waals surface area contributed by atoms with Crippen LogP contribution >= 0.6 is 0 Å². The third kappa shape index (κ3) is 10.9. The van der Waals surface area contributed by atoms with Gasteiger partial charge in [-0.05, 0) is 88.8 Å². The highest BCUT2D eigenvalue weighted by atomic mass is 16.7. The summed E-state index contributed by atoms with van der Waals surface area (Å²) in [5.41, 5.74) is 8.14. The van der Waals surface area contributed by atoms with E-state index in [1.807, 2.05) is 44.2 Å². The molecule has 0 fully saturated rings. The number of hydrogen-bond donors (Lipinski definition) is 2. The van der Waals surface area contributed by atoms with Crippen LogP contribution in [0.1, 0.15) is 56.4 Å². The predicted molar refractivity (Wildman–Crippen MR) is 160 cm³/mol. The molecule has 0 bridgehead atoms. The first-order valence-electron chi connectivity index (χ1n) is 13.9. The van der Waals surface area contributed by atoms with Gasteiger partial charge < -0.3 is 30.2 Å². The first-order chi connectivity index (χ1) is 19.7. The summed E-state index contributed by atoms with van der Waals surface area (Å²) >= 11 is 0. The quantitative estimate of drug-likeness (QED) is 0.197. The third-order valence-corrected chi connectivity index (χ3v) is 6.46. The Labute approximate surface area is 248 Å². The summed E-state index contributed by atoms with van der Waals surface area (Å²) in [5.74, 6) is -0.848. The zero-order valence-electron chi connectivity index (χ0n) is 25.4. The van der Waals surface area contributed by atoms with Crippen molar-refractivity contribution >= 4 is 24.1 Å². The molecule has 0 aliphatic heterocycles. The number of ether oxygens (including phenoxy) is 3. The monoisotopic (exact) mass is 581 g/mol. The number of nitrogens with one attached hydrogen (secondary N) is 1. The zero-order valence-corrected chi connectivity index (χ0v) is 25.4. The number of hydrogen-bond acceptors (Lipinski definition) is 7. The maximum absolute atomic E-state index is 14.0. The largest absolute Gasteiger partial charge is 0.514 e. The molecule has 0 heterocycles. The van der Waals surface area contributed by atoms with E-state index in [0.29, 0.717) is 12.8 Å². The molecule has 2 aromatic rings. The van der Waals surface area contributed by atoms with Crippen LogP contribution in [0.4, 0.5) is 9.59 Å². The van der Waals surface area contributed by atoms with Crippen molar-refractivity contribution in [3.05, 3.63) is 77.4 Å². The van der Waals surface area contributed by atoms with E-state index in [1.165, 1.54) is 11.0 Å². The highest BCUT2D eigenvalue weighted by Gasteiger charge is 2.33. The highest BCUT2D eigenvalue weighted by molar-refractivity contribution is 5.91. The van der Waals surface area contributed by atoms with E-state index in [2.05, 4.69) is 11.9 Å². The number of rotatable bonds is 13. The van der Waals surface area contributed by atoms with E-state index in [-0.39, 0.29) is 25.3 Å². The van der Waals surface area contributed by atoms with E-state index in [1.54, 1.807) is 39.8 Å². The van der Waals surface area contributed by atoms with Gasteiger partial charge in [-0.2, -0.15) is 0 Å². The van der Waals surface area contributed by atoms with E-state index in [9.17, 15) is 19.2 Å². The lowest BCUT2D eigenvalue weighted by Gasteiger charge is -2.32. The van der Waals surface area contributed by atoms with Crippen molar-refractivity contribution in [1.82, 2.24) is 10.2 Å². The fraction of sp³-hybridized carbons (Fsp3) is 0.438. The van der Waals surface area contributed by atoms with Crippen molar-refractivity contribution in [3.63, 3.8) is 0 Å². The number of carbonyl (C=O) groups excluding carboxylic acids is 4. The molecular formula is C32H43N3O7. The Morgan fingerprint density at radius 2 is 1.69 bits per heavy atom. The average molecular weight is 582 g/mol. The van der Waals surface area contributed by atoms with Crippen LogP contribution in [0.25, 0.3) is 0 Å². The topological polar surface area (TPSA) is 137 Å². The second-order valence-corrected chi connectivity index (χ2v) is 11.1. The van der Waals surface area contributed by atoms with Crippen LogP contribution < -0.4 is 15.8 Å². The number of amides is 3. The lowest BCUT2D eigenvalue weighted by molar-refractivity contribution is -0.140. The molecule has 228 valence electrons. The fourth-order valence-electron chi connectivity index (χ4n) is 4.39. The molecule has 3 amide bonds. The summed E-state index contributed by atoms with van der Waals surface area (Å²) in [6.07, 6.45) is 1.16. The van der Waals surface area contributed by atoms with Crippen LogP contribution in [-0.2, 0) is 31.9 Å². The van der Waals surface area contributed by atoms with Crippen LogP contribution in [0, 0.1) is 13.8 Å². The van der Waals surface area contributed by atoms with Crippen molar-refractivity contribution in [2.45, 2.75) is 78.5 Å². The molecule has 3 N–H and O–H groups in total. The van der Waals surface area contributed by atoms with E-state index in [4.69, 9.17) is 19.9 Å². The molecule has 10 heteroatoms. The van der Waals surface area contributed by atoms with Crippen molar-refractivity contribution in [2.24, 2.45) is 5.73 Å². The lowest BCUT2D eigenvalue weighted by Crippen LogP contribution is -2.55. The van der Waals surface area contributed by atoms with Crippen molar-refractivity contribution in [1.29, 1.82) is 0 Å². The van der Waals surface area contributed by atoms with Crippen molar-refractivity contribution < 1.29 is 33.4 Å². The third-order valence-electron chi connectivity index (χ3n) is 6.46. The fourth-order valence-corrected chi connectivity index (χ4v) is 4.39. The Hall–Kier alpha value is -4.34. The molecule has 10 nitrogen and oxygen atoms in total. The van der Waals surface area contributed by atoms with Gasteiger partial charge in [0.25, 0.3) is 0 Å². The molecule has 2 aromatic carbocycles. The molecule has 0 unspecified atom stereocenters. The Morgan fingerprint density at radius 1 is 1.07 bits per heavy atom. The van der Waals surface area contributed by atoms with Gasteiger partial charge in [0.15, 0.2) is 0 Å². The Kier molecular flexibility index (Phi) is 12.6. The first-order valence-corrected chi connectivity index (χ1v) is 13.9. The van der Waals surface area contributed by atoms with E-state index >= 15 is 0 Å². The summed E-state index contributed by atoms with van der Waals surface area (Å²) in [6.45, 7) is 14.1. The van der Waals surface area contributed by atoms with Gasteiger partial charge >= 0.3 is 12.2 Å². The molecule has 0 radical (unpaired) electrons. The predicted octanol–water partition coefficient (Wildman–Crippen LogP) is 4.78. The maximum atomic E-state index is 14.0. The van der Waals surface area contributed by atoms with Gasteiger partial charge in [-0.3, -0.25) is 9.59 Å². The minimum absolute atomic E-state index is 0.0145. The Morgan fingerprint density at radius 3 is 2.24 bits per heavy atom. The molecule has 2 atom stereocenters. The Bertz CT molecular complexity index is 1230. The van der Waals surface area contributed by atoms with Gasteiger partial charge in [-0.15, -0.1) is 0 Å². The molecule has 42 heavy (non-hydrogen) atoms. The standard InChI is InChI=1S/C32H43N3O7/c1-8-17-40-31(39)41-25-18-21(2)26(22(3)19-25)20-27(34-30(38)42-32(5,6)7)29(37)35(23(4)28(33)36)16-12-15-24-13-10-9-11-14-24/h8-11,13-14,18-19,23,27H,1,12,15-17,20H2,2-7H3,(H2,33,36)(H,34,38)/t23-,27+/m1/s1. The summed E-state index contributed by atoms with van der Waals surface area (Å²) in [7, 11) is 0. The smallest absolute Gasteiger partial charge is 0.444 e. The number of nitrogens with zero attached hydrogens (tertiary/aromatic N) is 1.